The quantitative estimate of drug-likeness (QED) is 0.149. The molecule has 0 unspecified atom stereocenters. The highest BCUT2D eigenvalue weighted by molar-refractivity contribution is 9.10. The predicted octanol–water partition coefficient (Wildman–Crippen LogP) is 9.40. The van der Waals surface area contributed by atoms with Crippen molar-refractivity contribution in [3.8, 4) is 22.5 Å². The van der Waals surface area contributed by atoms with Gasteiger partial charge >= 0.3 is 0 Å². The molecule has 16 heteroatoms. The van der Waals surface area contributed by atoms with Gasteiger partial charge in [0.05, 0.1) is 21.2 Å². The standard InChI is InChI=1S/2C21H22BrN3O2S2/c1-15-5-3-8-19(16(15)2)20-14-28-21(23-20)24-9-11-25(12-10-24)29(26,27)18-7-4-6-17(22)13-18;1-15-6-7-16(2)19(12-15)20-14-28-21(23-20)24-8-10-25(11-9-24)29(26,27)18-5-3-4-17(22)13-18/h3-8,13-14H,9-12H2,1-2H3;3-7,12-14H,8-11H2,1-2H3. The lowest BCUT2D eigenvalue weighted by Gasteiger charge is -2.33. The van der Waals surface area contributed by atoms with E-state index in [0.29, 0.717) is 62.1 Å². The number of sulfonamides is 2. The zero-order chi connectivity index (χ0) is 41.2. The number of hydrogen-bond acceptors (Lipinski definition) is 10. The lowest BCUT2D eigenvalue weighted by Crippen LogP contribution is -2.48. The van der Waals surface area contributed by atoms with Crippen LogP contribution in [0.1, 0.15) is 22.3 Å². The second-order valence-electron chi connectivity index (χ2n) is 14.3. The van der Waals surface area contributed by atoms with Crippen molar-refractivity contribution in [3.63, 3.8) is 0 Å². The molecule has 2 aliphatic heterocycles. The Balaban J connectivity index is 0.000000177. The van der Waals surface area contributed by atoms with E-state index in [1.165, 1.54) is 22.3 Å². The predicted molar refractivity (Wildman–Crippen MR) is 244 cm³/mol. The maximum Gasteiger partial charge on any atom is 0.243 e. The first-order chi connectivity index (χ1) is 27.7. The van der Waals surface area contributed by atoms with Crippen LogP contribution in [0.3, 0.4) is 0 Å². The molecule has 2 aliphatic rings. The molecular formula is C42H44Br2N6O4S4. The Bertz CT molecular complexity index is 2500. The van der Waals surface area contributed by atoms with E-state index in [2.05, 4.69) is 117 Å². The topological polar surface area (TPSA) is 107 Å². The lowest BCUT2D eigenvalue weighted by molar-refractivity contribution is 0.384. The molecule has 0 radical (unpaired) electrons. The van der Waals surface area contributed by atoms with Gasteiger partial charge in [-0.1, -0.05) is 79.9 Å². The summed E-state index contributed by atoms with van der Waals surface area (Å²) in [6.07, 6.45) is 0. The Morgan fingerprint density at radius 2 is 1.00 bits per heavy atom. The molecule has 58 heavy (non-hydrogen) atoms. The summed E-state index contributed by atoms with van der Waals surface area (Å²) in [6, 6.07) is 26.4. The SMILES string of the molecule is Cc1ccc(C)c(-c2csc(N3CCN(S(=O)(=O)c4cccc(Br)c4)CC3)n2)c1.Cc1cccc(-c2csc(N3CCN(S(=O)(=O)c4cccc(Br)c4)CC3)n2)c1C. The molecule has 2 saturated heterocycles. The van der Waals surface area contributed by atoms with Gasteiger partial charge in [-0.3, -0.25) is 0 Å². The number of hydrogen-bond donors (Lipinski definition) is 0. The maximum absolute atomic E-state index is 12.9. The van der Waals surface area contributed by atoms with Crippen LogP contribution in [-0.4, -0.2) is 87.8 Å². The molecule has 4 aromatic carbocycles. The molecule has 0 aliphatic carbocycles. The summed E-state index contributed by atoms with van der Waals surface area (Å²) >= 11 is 9.93. The first-order valence-corrected chi connectivity index (χ1v) is 25.0. The van der Waals surface area contributed by atoms with E-state index in [1.54, 1.807) is 67.7 Å². The largest absolute Gasteiger partial charge is 0.345 e. The van der Waals surface area contributed by atoms with Gasteiger partial charge in [0.15, 0.2) is 10.3 Å². The number of aromatic nitrogens is 2. The van der Waals surface area contributed by atoms with Crippen LogP contribution < -0.4 is 9.80 Å². The molecule has 0 spiro atoms. The van der Waals surface area contributed by atoms with Crippen LogP contribution in [0.15, 0.2) is 114 Å². The molecule has 0 atom stereocenters. The molecule has 304 valence electrons. The Hall–Kier alpha value is -3.48. The van der Waals surface area contributed by atoms with Crippen LogP contribution in [0.4, 0.5) is 10.3 Å². The highest BCUT2D eigenvalue weighted by atomic mass is 79.9. The maximum atomic E-state index is 12.9. The molecule has 0 bridgehead atoms. The summed E-state index contributed by atoms with van der Waals surface area (Å²) < 4.78 is 56.3. The minimum absolute atomic E-state index is 0.326. The van der Waals surface area contributed by atoms with E-state index >= 15 is 0 Å². The molecule has 8 rings (SSSR count). The lowest BCUT2D eigenvalue weighted by atomic mass is 10.0. The van der Waals surface area contributed by atoms with Crippen molar-refractivity contribution in [3.05, 3.63) is 127 Å². The van der Waals surface area contributed by atoms with Gasteiger partial charge in [0.25, 0.3) is 0 Å². The number of rotatable bonds is 8. The zero-order valence-electron chi connectivity index (χ0n) is 32.6. The normalized spacial score (nSPS) is 15.6. The van der Waals surface area contributed by atoms with E-state index in [0.717, 1.165) is 41.7 Å². The Labute approximate surface area is 366 Å². The van der Waals surface area contributed by atoms with Crippen LogP contribution in [0.25, 0.3) is 22.5 Å². The van der Waals surface area contributed by atoms with Gasteiger partial charge < -0.3 is 9.80 Å². The highest BCUT2D eigenvalue weighted by Gasteiger charge is 2.31. The molecule has 10 nitrogen and oxygen atoms in total. The van der Waals surface area contributed by atoms with Crippen molar-refractivity contribution in [2.75, 3.05) is 62.2 Å². The molecule has 0 N–H and O–H groups in total. The molecule has 4 heterocycles. The van der Waals surface area contributed by atoms with Crippen LogP contribution in [0.2, 0.25) is 0 Å². The fraction of sp³-hybridized carbons (Fsp3) is 0.286. The van der Waals surface area contributed by atoms with Gasteiger partial charge in [-0.15, -0.1) is 22.7 Å². The van der Waals surface area contributed by atoms with Gasteiger partial charge in [-0.2, -0.15) is 8.61 Å². The summed E-state index contributed by atoms with van der Waals surface area (Å²) in [7, 11) is -6.96. The third-order valence-electron chi connectivity index (χ3n) is 10.4. The van der Waals surface area contributed by atoms with Crippen molar-refractivity contribution >= 4 is 84.8 Å². The van der Waals surface area contributed by atoms with Crippen LogP contribution in [0.5, 0.6) is 0 Å². The number of halogens is 2. The summed E-state index contributed by atoms with van der Waals surface area (Å²) in [4.78, 5) is 14.7. The van der Waals surface area contributed by atoms with Crippen molar-refractivity contribution in [1.29, 1.82) is 0 Å². The number of piperazine rings is 2. The second-order valence-corrected chi connectivity index (χ2v) is 21.7. The number of anilines is 2. The Morgan fingerprint density at radius 1 is 0.534 bits per heavy atom. The van der Waals surface area contributed by atoms with Gasteiger partial charge in [0.2, 0.25) is 20.0 Å². The van der Waals surface area contributed by atoms with Gasteiger partial charge in [-0.25, -0.2) is 26.8 Å². The molecule has 0 saturated carbocycles. The van der Waals surface area contributed by atoms with E-state index < -0.39 is 20.0 Å². The number of nitrogens with zero attached hydrogens (tertiary/aromatic N) is 6. The van der Waals surface area contributed by atoms with E-state index in [1.807, 2.05) is 12.1 Å². The van der Waals surface area contributed by atoms with Crippen molar-refractivity contribution in [2.24, 2.45) is 0 Å². The summed E-state index contributed by atoms with van der Waals surface area (Å²) in [5.74, 6) is 0. The second kappa shape index (κ2) is 18.0. The van der Waals surface area contributed by atoms with Crippen LogP contribution in [-0.2, 0) is 20.0 Å². The van der Waals surface area contributed by atoms with Gasteiger partial charge in [-0.05, 0) is 86.8 Å². The zero-order valence-corrected chi connectivity index (χ0v) is 39.0. The number of aryl methyl sites for hydroxylation is 3. The van der Waals surface area contributed by atoms with E-state index in [4.69, 9.17) is 9.97 Å². The van der Waals surface area contributed by atoms with Crippen LogP contribution in [0, 0.1) is 27.7 Å². The Kier molecular flexibility index (Phi) is 13.2. The average molecular weight is 985 g/mol. The summed E-state index contributed by atoms with van der Waals surface area (Å²) in [5.41, 5.74) is 9.19. The van der Waals surface area contributed by atoms with Gasteiger partial charge in [0.1, 0.15) is 0 Å². The fourth-order valence-corrected chi connectivity index (χ4v) is 12.7. The van der Waals surface area contributed by atoms with Crippen molar-refractivity contribution in [1.82, 2.24) is 18.6 Å². The highest BCUT2D eigenvalue weighted by Crippen LogP contribution is 2.33. The van der Waals surface area contributed by atoms with E-state index in [9.17, 15) is 16.8 Å². The van der Waals surface area contributed by atoms with E-state index in [-0.39, 0.29) is 0 Å². The molecular weight excluding hydrogens is 941 g/mol. The molecule has 2 aromatic heterocycles. The van der Waals surface area contributed by atoms with Crippen molar-refractivity contribution < 1.29 is 16.8 Å². The fourth-order valence-electron chi connectivity index (χ4n) is 6.90. The minimum Gasteiger partial charge on any atom is -0.345 e. The summed E-state index contributed by atoms with van der Waals surface area (Å²) in [5, 5.41) is 6.06. The monoisotopic (exact) mass is 982 g/mol. The van der Waals surface area contributed by atoms with Gasteiger partial charge in [0, 0.05) is 83.2 Å². The minimum atomic E-state index is -3.48. The first-order valence-electron chi connectivity index (χ1n) is 18.8. The van der Waals surface area contributed by atoms with Crippen molar-refractivity contribution in [2.45, 2.75) is 37.5 Å². The first kappa shape index (κ1) is 42.6. The third kappa shape index (κ3) is 9.44. The smallest absolute Gasteiger partial charge is 0.243 e. The molecule has 0 amide bonds. The molecule has 6 aromatic rings. The number of benzene rings is 4. The molecule has 2 fully saturated rings. The summed E-state index contributed by atoms with van der Waals surface area (Å²) in [6.45, 7) is 12.7. The average Bonchev–Trinajstić information content (AvgIpc) is 3.92. The Morgan fingerprint density at radius 3 is 1.48 bits per heavy atom. The number of thiazole rings is 2. The van der Waals surface area contributed by atoms with Crippen LogP contribution >= 0.6 is 54.5 Å². The third-order valence-corrected chi connectivity index (χ3v) is 17.0.